The van der Waals surface area contributed by atoms with Gasteiger partial charge in [-0.25, -0.2) is 0 Å². The number of hydrogen-bond donors (Lipinski definition) is 1. The molecule has 1 heterocycles. The van der Waals surface area contributed by atoms with Gasteiger partial charge in [-0.05, 0) is 39.0 Å². The van der Waals surface area contributed by atoms with Crippen molar-refractivity contribution in [2.45, 2.75) is 50.0 Å². The van der Waals surface area contributed by atoms with Gasteiger partial charge >= 0.3 is 0 Å². The molecule has 0 saturated carbocycles. The molecule has 0 bridgehead atoms. The maximum absolute atomic E-state index is 8.71. The molecule has 2 heteroatoms. The molecule has 2 atom stereocenters. The largest absolute Gasteiger partial charge is 0.396 e. The molecule has 1 fully saturated rings. The van der Waals surface area contributed by atoms with Gasteiger partial charge in [0.1, 0.15) is 0 Å². The molecule has 12 heavy (non-hydrogen) atoms. The first-order valence-corrected chi connectivity index (χ1v) is 5.73. The Morgan fingerprint density at radius 3 is 2.42 bits per heavy atom. The Balaban J connectivity index is 2.03. The van der Waals surface area contributed by atoms with E-state index in [4.69, 9.17) is 5.11 Å². The van der Waals surface area contributed by atoms with E-state index >= 15 is 0 Å². The Bertz CT molecular complexity index is 145. The Morgan fingerprint density at radius 1 is 1.42 bits per heavy atom. The third kappa shape index (κ3) is 2.98. The summed E-state index contributed by atoms with van der Waals surface area (Å²) in [6.07, 6.45) is 3.58. The molecule has 0 amide bonds. The molecule has 1 aliphatic heterocycles. The third-order valence-electron chi connectivity index (χ3n) is 2.71. The second-order valence-corrected chi connectivity index (χ2v) is 6.26. The molecule has 1 aliphatic rings. The summed E-state index contributed by atoms with van der Waals surface area (Å²) in [5, 5.41) is 9.60. The van der Waals surface area contributed by atoms with Gasteiger partial charge in [0, 0.05) is 16.6 Å². The van der Waals surface area contributed by atoms with E-state index in [0.29, 0.717) is 17.3 Å². The van der Waals surface area contributed by atoms with Crippen molar-refractivity contribution in [2.75, 3.05) is 6.61 Å². The molecule has 72 valence electrons. The van der Waals surface area contributed by atoms with Crippen LogP contribution in [0.5, 0.6) is 0 Å². The van der Waals surface area contributed by atoms with Crippen molar-refractivity contribution in [2.24, 2.45) is 5.92 Å². The van der Waals surface area contributed by atoms with E-state index in [-0.39, 0.29) is 0 Å². The molecule has 1 N–H and O–H groups in total. The summed E-state index contributed by atoms with van der Waals surface area (Å²) in [5.41, 5.74) is 0. The Labute approximate surface area is 79.9 Å². The maximum atomic E-state index is 8.71. The van der Waals surface area contributed by atoms with Crippen molar-refractivity contribution in [3.8, 4) is 0 Å². The van der Waals surface area contributed by atoms with Gasteiger partial charge in [0.2, 0.25) is 0 Å². The number of thioether (sulfide) groups is 1. The summed E-state index contributed by atoms with van der Waals surface area (Å²) in [7, 11) is 0. The van der Waals surface area contributed by atoms with E-state index in [2.05, 4.69) is 32.5 Å². The zero-order valence-corrected chi connectivity index (χ0v) is 9.16. The van der Waals surface area contributed by atoms with E-state index in [9.17, 15) is 0 Å². The maximum Gasteiger partial charge on any atom is 0.0433 e. The SMILES string of the molecule is CC(CCO)CCC1SC1(C)C. The molecule has 1 nitrogen and oxygen atoms in total. The fraction of sp³-hybridized carbons (Fsp3) is 1.00. The van der Waals surface area contributed by atoms with Crippen LogP contribution in [-0.2, 0) is 0 Å². The van der Waals surface area contributed by atoms with Crippen LogP contribution in [0.1, 0.15) is 40.0 Å². The molecule has 0 radical (unpaired) electrons. The van der Waals surface area contributed by atoms with Gasteiger partial charge in [0.05, 0.1) is 0 Å². The lowest BCUT2D eigenvalue weighted by molar-refractivity contribution is 0.257. The lowest BCUT2D eigenvalue weighted by Gasteiger charge is -2.08. The summed E-state index contributed by atoms with van der Waals surface area (Å²) < 4.78 is 0.554. The Morgan fingerprint density at radius 2 is 2.00 bits per heavy atom. The average molecular weight is 188 g/mol. The first-order valence-electron chi connectivity index (χ1n) is 4.85. The van der Waals surface area contributed by atoms with Gasteiger partial charge < -0.3 is 5.11 Å². The van der Waals surface area contributed by atoms with Gasteiger partial charge in [-0.1, -0.05) is 6.92 Å². The summed E-state index contributed by atoms with van der Waals surface area (Å²) >= 11 is 2.09. The van der Waals surface area contributed by atoms with Gasteiger partial charge in [-0.15, -0.1) is 11.8 Å². The van der Waals surface area contributed by atoms with E-state index < -0.39 is 0 Å². The predicted octanol–water partition coefficient (Wildman–Crippen LogP) is 2.68. The molecule has 0 aromatic carbocycles. The van der Waals surface area contributed by atoms with Crippen LogP contribution < -0.4 is 0 Å². The lowest BCUT2D eigenvalue weighted by Crippen LogP contribution is -2.05. The zero-order chi connectivity index (χ0) is 9.19. The van der Waals surface area contributed by atoms with E-state index in [0.717, 1.165) is 11.7 Å². The van der Waals surface area contributed by atoms with Crippen LogP contribution in [0, 0.1) is 5.92 Å². The Hall–Kier alpha value is 0.310. The summed E-state index contributed by atoms with van der Waals surface area (Å²) in [5.74, 6) is 0.701. The molecule has 1 rings (SSSR count). The monoisotopic (exact) mass is 188 g/mol. The van der Waals surface area contributed by atoms with Crippen molar-refractivity contribution in [1.82, 2.24) is 0 Å². The highest BCUT2D eigenvalue weighted by atomic mass is 32.2. The molecular weight excluding hydrogens is 168 g/mol. The second kappa shape index (κ2) is 4.01. The summed E-state index contributed by atoms with van der Waals surface area (Å²) in [6, 6.07) is 0. The molecule has 0 spiro atoms. The van der Waals surface area contributed by atoms with Crippen LogP contribution in [0.3, 0.4) is 0 Å². The minimum Gasteiger partial charge on any atom is -0.396 e. The number of aliphatic hydroxyl groups is 1. The molecular formula is C10H20OS. The van der Waals surface area contributed by atoms with Gasteiger partial charge in [-0.2, -0.15) is 0 Å². The minimum atomic E-state index is 0.350. The van der Waals surface area contributed by atoms with E-state index in [1.807, 2.05) is 0 Å². The highest BCUT2D eigenvalue weighted by Crippen LogP contribution is 2.55. The highest BCUT2D eigenvalue weighted by Gasteiger charge is 2.46. The Kier molecular flexibility index (Phi) is 3.47. The smallest absolute Gasteiger partial charge is 0.0433 e. The average Bonchev–Trinajstić information content (AvgIpc) is 2.56. The molecule has 0 aliphatic carbocycles. The lowest BCUT2D eigenvalue weighted by atomic mass is 9.98. The van der Waals surface area contributed by atoms with Gasteiger partial charge in [0.25, 0.3) is 0 Å². The van der Waals surface area contributed by atoms with Crippen molar-refractivity contribution in [1.29, 1.82) is 0 Å². The van der Waals surface area contributed by atoms with Crippen LogP contribution in [0.25, 0.3) is 0 Å². The topological polar surface area (TPSA) is 20.2 Å². The third-order valence-corrected chi connectivity index (χ3v) is 4.46. The molecule has 1 saturated heterocycles. The van der Waals surface area contributed by atoms with E-state index in [1.54, 1.807) is 0 Å². The first-order chi connectivity index (χ1) is 5.56. The molecule has 2 unspecified atom stereocenters. The second-order valence-electron chi connectivity index (χ2n) is 4.40. The summed E-state index contributed by atoms with van der Waals surface area (Å²) in [6.45, 7) is 7.22. The number of hydrogen-bond acceptors (Lipinski definition) is 2. The fourth-order valence-electron chi connectivity index (χ4n) is 1.54. The van der Waals surface area contributed by atoms with Crippen molar-refractivity contribution in [3.05, 3.63) is 0 Å². The number of aliphatic hydroxyl groups excluding tert-OH is 1. The van der Waals surface area contributed by atoms with Crippen LogP contribution in [0.15, 0.2) is 0 Å². The fourth-order valence-corrected chi connectivity index (χ4v) is 2.58. The van der Waals surface area contributed by atoms with E-state index in [1.165, 1.54) is 12.8 Å². The van der Waals surface area contributed by atoms with Crippen molar-refractivity contribution in [3.63, 3.8) is 0 Å². The highest BCUT2D eigenvalue weighted by molar-refractivity contribution is 8.08. The van der Waals surface area contributed by atoms with Gasteiger partial charge in [0.15, 0.2) is 0 Å². The first kappa shape index (κ1) is 10.4. The van der Waals surface area contributed by atoms with Crippen LogP contribution in [-0.4, -0.2) is 21.7 Å². The van der Waals surface area contributed by atoms with Crippen LogP contribution >= 0.6 is 11.8 Å². The normalized spacial score (nSPS) is 28.5. The summed E-state index contributed by atoms with van der Waals surface area (Å²) in [4.78, 5) is 0. The predicted molar refractivity (Wildman–Crippen MR) is 55.6 cm³/mol. The minimum absolute atomic E-state index is 0.350. The van der Waals surface area contributed by atoms with Crippen LogP contribution in [0.4, 0.5) is 0 Å². The standard InChI is InChI=1S/C10H20OS/c1-8(6-7-11)4-5-9-10(2,3)12-9/h8-9,11H,4-7H2,1-3H3. The van der Waals surface area contributed by atoms with Crippen molar-refractivity contribution >= 4 is 11.8 Å². The zero-order valence-electron chi connectivity index (χ0n) is 8.34. The quantitative estimate of drug-likeness (QED) is 0.669. The van der Waals surface area contributed by atoms with Crippen LogP contribution in [0.2, 0.25) is 0 Å². The van der Waals surface area contributed by atoms with Crippen molar-refractivity contribution < 1.29 is 5.11 Å². The molecule has 0 aromatic rings. The molecule has 0 aromatic heterocycles. The number of rotatable bonds is 5. The van der Waals surface area contributed by atoms with Gasteiger partial charge in [-0.3, -0.25) is 0 Å².